The van der Waals surface area contributed by atoms with Gasteiger partial charge in [0.05, 0.1) is 4.92 Å². The molecule has 1 aliphatic carbocycles. The third-order valence-electron chi connectivity index (χ3n) is 2.09. The Morgan fingerprint density at radius 1 is 1.60 bits per heavy atom. The maximum absolute atomic E-state index is 10.7. The number of nitro groups is 1. The zero-order chi connectivity index (χ0) is 11.4. The van der Waals surface area contributed by atoms with Gasteiger partial charge in [-0.15, -0.1) is 0 Å². The van der Waals surface area contributed by atoms with E-state index in [4.69, 9.17) is 4.74 Å². The summed E-state index contributed by atoms with van der Waals surface area (Å²) in [6.45, 7) is 3.08. The van der Waals surface area contributed by atoms with E-state index in [-0.39, 0.29) is 17.8 Å². The topological polar surface area (TPSA) is 69.4 Å². The molecule has 0 spiro atoms. The highest BCUT2D eigenvalue weighted by molar-refractivity contribution is 5.66. The minimum Gasteiger partial charge on any atom is -0.462 e. The molecule has 0 heterocycles. The summed E-state index contributed by atoms with van der Waals surface area (Å²) >= 11 is 0. The van der Waals surface area contributed by atoms with Gasteiger partial charge >= 0.3 is 5.97 Å². The van der Waals surface area contributed by atoms with Gasteiger partial charge in [0.2, 0.25) is 0 Å². The van der Waals surface area contributed by atoms with Gasteiger partial charge in [0.25, 0.3) is 5.70 Å². The van der Waals surface area contributed by atoms with Gasteiger partial charge in [0.15, 0.2) is 0 Å². The molecule has 81 valence electrons. The molecule has 0 aliphatic heterocycles. The van der Waals surface area contributed by atoms with Gasteiger partial charge in [0.1, 0.15) is 6.10 Å². The maximum Gasteiger partial charge on any atom is 0.302 e. The highest BCUT2D eigenvalue weighted by atomic mass is 16.6. The van der Waals surface area contributed by atoms with Gasteiger partial charge in [-0.2, -0.15) is 0 Å². The lowest BCUT2D eigenvalue weighted by Gasteiger charge is -2.19. The molecule has 0 saturated heterocycles. The molecule has 1 atom stereocenters. The number of hydrogen-bond donors (Lipinski definition) is 0. The number of carbonyl (C=O) groups is 1. The van der Waals surface area contributed by atoms with Gasteiger partial charge in [0, 0.05) is 18.9 Å². The summed E-state index contributed by atoms with van der Waals surface area (Å²) in [5.41, 5.74) is 0.0776. The van der Waals surface area contributed by atoms with Crippen LogP contribution in [0.1, 0.15) is 20.3 Å². The third kappa shape index (κ3) is 3.19. The van der Waals surface area contributed by atoms with E-state index in [0.29, 0.717) is 6.42 Å². The molecule has 5 nitrogen and oxygen atoms in total. The number of ether oxygens (including phenoxy) is 1. The predicted octanol–water partition coefficient (Wildman–Crippen LogP) is 1.63. The lowest BCUT2D eigenvalue weighted by molar-refractivity contribution is -0.419. The van der Waals surface area contributed by atoms with E-state index in [2.05, 4.69) is 0 Å². The normalized spacial score (nSPS) is 18.1. The molecule has 0 fully saturated rings. The van der Waals surface area contributed by atoms with Gasteiger partial charge in [-0.1, -0.05) is 6.08 Å². The minimum atomic E-state index is -0.441. The number of hydrogen-bond acceptors (Lipinski definition) is 4. The lowest BCUT2D eigenvalue weighted by Crippen LogP contribution is -2.21. The van der Waals surface area contributed by atoms with Crippen LogP contribution >= 0.6 is 0 Å². The van der Waals surface area contributed by atoms with Crippen molar-refractivity contribution in [3.05, 3.63) is 40.0 Å². The first-order valence-electron chi connectivity index (χ1n) is 4.56. The molecular formula is C10H12NO4. The van der Waals surface area contributed by atoms with Crippen molar-refractivity contribution in [1.29, 1.82) is 0 Å². The van der Waals surface area contributed by atoms with Crippen LogP contribution in [0.5, 0.6) is 0 Å². The molecule has 15 heavy (non-hydrogen) atoms. The van der Waals surface area contributed by atoms with Crippen LogP contribution in [0.15, 0.2) is 23.9 Å². The lowest BCUT2D eigenvalue weighted by atomic mass is 9.94. The van der Waals surface area contributed by atoms with E-state index in [0.717, 1.165) is 5.92 Å². The monoisotopic (exact) mass is 210 g/mol. The van der Waals surface area contributed by atoms with Gasteiger partial charge < -0.3 is 4.74 Å². The first-order valence-corrected chi connectivity index (χ1v) is 4.56. The third-order valence-corrected chi connectivity index (χ3v) is 2.09. The minimum absolute atomic E-state index is 0.0776. The second-order valence-corrected chi connectivity index (χ2v) is 3.25. The van der Waals surface area contributed by atoms with Crippen LogP contribution in [0.25, 0.3) is 0 Å². The van der Waals surface area contributed by atoms with Crippen molar-refractivity contribution >= 4 is 5.97 Å². The van der Waals surface area contributed by atoms with Crippen LogP contribution in [0, 0.1) is 16.0 Å². The molecule has 0 aromatic heterocycles. The van der Waals surface area contributed by atoms with Crippen molar-refractivity contribution in [2.75, 3.05) is 0 Å². The molecule has 0 aromatic carbocycles. The fraction of sp³-hybridized carbons (Fsp3) is 0.400. The zero-order valence-corrected chi connectivity index (χ0v) is 8.60. The van der Waals surface area contributed by atoms with Crippen LogP contribution in [-0.4, -0.2) is 17.0 Å². The standard InChI is InChI=1S/C10H12NO4/c1-7(15-8(2)12)9-3-5-10(6-4-9)11(13)14/h3,5-7H,4H2,1-2H3. The number of carbonyl (C=O) groups excluding carboxylic acids is 1. The smallest absolute Gasteiger partial charge is 0.302 e. The number of esters is 1. The Morgan fingerprint density at radius 3 is 2.67 bits per heavy atom. The van der Waals surface area contributed by atoms with Crippen LogP contribution in [0.2, 0.25) is 0 Å². The number of rotatable bonds is 3. The van der Waals surface area contributed by atoms with E-state index in [1.54, 1.807) is 13.0 Å². The second kappa shape index (κ2) is 4.72. The van der Waals surface area contributed by atoms with Crippen molar-refractivity contribution in [1.82, 2.24) is 0 Å². The maximum atomic E-state index is 10.7. The molecule has 1 aliphatic rings. The molecule has 0 amide bonds. The Balaban J connectivity index is 2.55. The van der Waals surface area contributed by atoms with Crippen molar-refractivity contribution in [3.8, 4) is 0 Å². The quantitative estimate of drug-likeness (QED) is 0.403. The average molecular weight is 210 g/mol. The highest BCUT2D eigenvalue weighted by Gasteiger charge is 2.22. The van der Waals surface area contributed by atoms with Crippen molar-refractivity contribution < 1.29 is 14.5 Å². The summed E-state index contributed by atoms with van der Waals surface area (Å²) in [5, 5.41) is 10.4. The summed E-state index contributed by atoms with van der Waals surface area (Å²) in [5.74, 6) is 0.503. The Hall–Kier alpha value is -1.65. The molecule has 1 rings (SSSR count). The van der Waals surface area contributed by atoms with Crippen LogP contribution in [-0.2, 0) is 9.53 Å². The van der Waals surface area contributed by atoms with Crippen LogP contribution in [0.3, 0.4) is 0 Å². The Kier molecular flexibility index (Phi) is 3.60. The highest BCUT2D eigenvalue weighted by Crippen LogP contribution is 2.23. The van der Waals surface area contributed by atoms with E-state index in [9.17, 15) is 14.9 Å². The molecule has 0 N–H and O–H groups in total. The summed E-state index contributed by atoms with van der Waals surface area (Å²) < 4.78 is 4.96. The fourth-order valence-corrected chi connectivity index (χ4v) is 1.31. The number of allylic oxidation sites excluding steroid dienone is 2. The van der Waals surface area contributed by atoms with Crippen molar-refractivity contribution in [2.45, 2.75) is 26.4 Å². The summed E-state index contributed by atoms with van der Waals surface area (Å²) in [7, 11) is 0. The molecule has 1 radical (unpaired) electrons. The van der Waals surface area contributed by atoms with E-state index >= 15 is 0 Å². The van der Waals surface area contributed by atoms with Crippen LogP contribution < -0.4 is 0 Å². The van der Waals surface area contributed by atoms with Gasteiger partial charge in [-0.3, -0.25) is 14.9 Å². The van der Waals surface area contributed by atoms with E-state index in [1.165, 1.54) is 19.1 Å². The summed E-state index contributed by atoms with van der Waals surface area (Å²) in [6.07, 6.45) is 4.67. The van der Waals surface area contributed by atoms with E-state index in [1.807, 2.05) is 0 Å². The predicted molar refractivity (Wildman–Crippen MR) is 53.3 cm³/mol. The molecule has 1 unspecified atom stereocenters. The Labute approximate surface area is 87.6 Å². The van der Waals surface area contributed by atoms with E-state index < -0.39 is 4.92 Å². The Morgan fingerprint density at radius 2 is 2.27 bits per heavy atom. The summed E-state index contributed by atoms with van der Waals surface area (Å²) in [4.78, 5) is 20.6. The first-order chi connectivity index (χ1) is 7.00. The fourth-order valence-electron chi connectivity index (χ4n) is 1.31. The largest absolute Gasteiger partial charge is 0.462 e. The molecule has 0 saturated carbocycles. The van der Waals surface area contributed by atoms with Gasteiger partial charge in [-0.05, 0) is 19.4 Å². The zero-order valence-electron chi connectivity index (χ0n) is 8.60. The molecular weight excluding hydrogens is 198 g/mol. The second-order valence-electron chi connectivity index (χ2n) is 3.25. The van der Waals surface area contributed by atoms with Crippen molar-refractivity contribution in [3.63, 3.8) is 0 Å². The van der Waals surface area contributed by atoms with Gasteiger partial charge in [-0.25, -0.2) is 0 Å². The number of nitrogens with zero attached hydrogens (tertiary/aromatic N) is 1. The van der Waals surface area contributed by atoms with Crippen LogP contribution in [0.4, 0.5) is 0 Å². The Bertz CT molecular complexity index is 332. The average Bonchev–Trinajstić information content (AvgIpc) is 2.17. The summed E-state index contributed by atoms with van der Waals surface area (Å²) in [6, 6.07) is 0. The molecule has 0 aromatic rings. The van der Waals surface area contributed by atoms with Crippen molar-refractivity contribution in [2.24, 2.45) is 0 Å². The molecule has 0 bridgehead atoms. The first kappa shape index (κ1) is 11.4. The molecule has 5 heteroatoms. The SMILES string of the molecule is CC(=O)OC(C)[C]1C=CC([N+](=O)[O-])=CC1.